The molecule has 0 aliphatic carbocycles. The fourth-order valence-corrected chi connectivity index (χ4v) is 1.08. The standard InChI is InChI=1S/2C6H4F3N/c2*7-3-1-5(9)6(10)2-4(3)8/h2*1-2H,10H2. The summed E-state index contributed by atoms with van der Waals surface area (Å²) in [5.41, 5.74) is 9.04. The normalized spacial score (nSPS) is 9.90. The molecule has 108 valence electrons. The molecule has 0 unspecified atom stereocenters. The highest BCUT2D eigenvalue weighted by atomic mass is 19.2. The van der Waals surface area contributed by atoms with Crippen molar-refractivity contribution in [2.75, 3.05) is 11.5 Å². The van der Waals surface area contributed by atoms with Gasteiger partial charge in [0.1, 0.15) is 11.6 Å². The summed E-state index contributed by atoms with van der Waals surface area (Å²) in [5, 5.41) is 0. The van der Waals surface area contributed by atoms with Crippen LogP contribution in [0.15, 0.2) is 24.3 Å². The number of nitrogens with two attached hydrogens (primary N) is 2. The van der Waals surface area contributed by atoms with Crippen LogP contribution in [0.3, 0.4) is 0 Å². The topological polar surface area (TPSA) is 52.0 Å². The molecule has 2 aromatic rings. The predicted octanol–water partition coefficient (Wildman–Crippen LogP) is 3.37. The van der Waals surface area contributed by atoms with Crippen molar-refractivity contribution < 1.29 is 26.3 Å². The number of rotatable bonds is 0. The van der Waals surface area contributed by atoms with Gasteiger partial charge < -0.3 is 11.5 Å². The van der Waals surface area contributed by atoms with Crippen molar-refractivity contribution in [3.05, 3.63) is 59.2 Å². The molecule has 4 N–H and O–H groups in total. The minimum atomic E-state index is -1.23. The van der Waals surface area contributed by atoms with Gasteiger partial charge in [-0.2, -0.15) is 0 Å². The van der Waals surface area contributed by atoms with Crippen molar-refractivity contribution in [3.63, 3.8) is 0 Å². The van der Waals surface area contributed by atoms with Gasteiger partial charge in [-0.25, -0.2) is 26.3 Å². The van der Waals surface area contributed by atoms with Gasteiger partial charge in [-0.1, -0.05) is 0 Å². The Kier molecular flexibility index (Phi) is 4.84. The van der Waals surface area contributed by atoms with Crippen LogP contribution in [0.25, 0.3) is 0 Å². The summed E-state index contributed by atoms with van der Waals surface area (Å²) in [5.74, 6) is -6.63. The quantitative estimate of drug-likeness (QED) is 0.444. The first-order valence-electron chi connectivity index (χ1n) is 5.02. The van der Waals surface area contributed by atoms with Crippen LogP contribution >= 0.6 is 0 Å². The second kappa shape index (κ2) is 6.18. The lowest BCUT2D eigenvalue weighted by Crippen LogP contribution is -1.94. The third-order valence-electron chi connectivity index (χ3n) is 2.08. The van der Waals surface area contributed by atoms with Crippen LogP contribution in [-0.4, -0.2) is 0 Å². The Labute approximate surface area is 109 Å². The first-order chi connectivity index (χ1) is 9.22. The van der Waals surface area contributed by atoms with E-state index in [4.69, 9.17) is 11.5 Å². The maximum Gasteiger partial charge on any atom is 0.161 e. The molecular weight excluding hydrogens is 286 g/mol. The third-order valence-corrected chi connectivity index (χ3v) is 2.08. The molecule has 0 heterocycles. The van der Waals surface area contributed by atoms with E-state index >= 15 is 0 Å². The highest BCUT2D eigenvalue weighted by Gasteiger charge is 2.06. The number of hydrogen-bond donors (Lipinski definition) is 2. The smallest absolute Gasteiger partial charge is 0.161 e. The zero-order chi connectivity index (χ0) is 15.4. The van der Waals surface area contributed by atoms with Crippen LogP contribution in [0, 0.1) is 34.9 Å². The van der Waals surface area contributed by atoms with Gasteiger partial charge in [0.05, 0.1) is 11.4 Å². The number of halogens is 6. The summed E-state index contributed by atoms with van der Waals surface area (Å²) >= 11 is 0. The van der Waals surface area contributed by atoms with Crippen molar-refractivity contribution in [1.82, 2.24) is 0 Å². The average molecular weight is 294 g/mol. The molecule has 0 atom stereocenters. The van der Waals surface area contributed by atoms with Crippen LogP contribution in [0.4, 0.5) is 37.7 Å². The third kappa shape index (κ3) is 3.81. The molecule has 0 aliphatic heterocycles. The minimum absolute atomic E-state index is 0.390. The Balaban J connectivity index is 0.000000200. The van der Waals surface area contributed by atoms with Crippen molar-refractivity contribution >= 4 is 11.4 Å². The molecule has 0 radical (unpaired) electrons. The molecule has 0 saturated heterocycles. The van der Waals surface area contributed by atoms with Gasteiger partial charge in [0, 0.05) is 24.3 Å². The molecule has 0 spiro atoms. The Morgan fingerprint density at radius 3 is 0.950 bits per heavy atom. The maximum atomic E-state index is 12.2. The predicted molar refractivity (Wildman–Crippen MR) is 61.5 cm³/mol. The summed E-state index contributed by atoms with van der Waals surface area (Å²) < 4.78 is 72.9. The van der Waals surface area contributed by atoms with Crippen LogP contribution in [-0.2, 0) is 0 Å². The van der Waals surface area contributed by atoms with E-state index in [2.05, 4.69) is 0 Å². The van der Waals surface area contributed by atoms with E-state index in [1.165, 1.54) is 0 Å². The Bertz CT molecular complexity index is 474. The lowest BCUT2D eigenvalue weighted by atomic mass is 10.3. The van der Waals surface area contributed by atoms with Crippen LogP contribution in [0.5, 0.6) is 0 Å². The van der Waals surface area contributed by atoms with Gasteiger partial charge in [0.15, 0.2) is 23.3 Å². The lowest BCUT2D eigenvalue weighted by Gasteiger charge is -1.95. The fraction of sp³-hybridized carbons (Fsp3) is 0. The van der Waals surface area contributed by atoms with Crippen LogP contribution in [0.2, 0.25) is 0 Å². The number of nitrogen functional groups attached to an aromatic ring is 2. The van der Waals surface area contributed by atoms with Gasteiger partial charge in [-0.3, -0.25) is 0 Å². The monoisotopic (exact) mass is 294 g/mol. The van der Waals surface area contributed by atoms with Crippen molar-refractivity contribution in [2.24, 2.45) is 0 Å². The molecule has 2 rings (SSSR count). The molecule has 0 fully saturated rings. The van der Waals surface area contributed by atoms with Gasteiger partial charge in [0.25, 0.3) is 0 Å². The van der Waals surface area contributed by atoms with E-state index in [1.807, 2.05) is 0 Å². The summed E-state index contributed by atoms with van der Waals surface area (Å²) in [4.78, 5) is 0. The highest BCUT2D eigenvalue weighted by molar-refractivity contribution is 5.40. The Morgan fingerprint density at radius 2 is 0.700 bits per heavy atom. The summed E-state index contributed by atoms with van der Waals surface area (Å²) in [6, 6.07) is 2.02. The van der Waals surface area contributed by atoms with E-state index in [0.29, 0.717) is 24.3 Å². The zero-order valence-corrected chi connectivity index (χ0v) is 9.73. The number of anilines is 2. The molecule has 0 bridgehead atoms. The van der Waals surface area contributed by atoms with E-state index < -0.39 is 34.9 Å². The average Bonchev–Trinajstić information content (AvgIpc) is 2.35. The van der Waals surface area contributed by atoms with E-state index in [9.17, 15) is 26.3 Å². The van der Waals surface area contributed by atoms with Gasteiger partial charge in [-0.05, 0) is 0 Å². The second-order valence-corrected chi connectivity index (χ2v) is 3.58. The van der Waals surface area contributed by atoms with E-state index in [1.54, 1.807) is 0 Å². The van der Waals surface area contributed by atoms with Crippen molar-refractivity contribution in [2.45, 2.75) is 0 Å². The van der Waals surface area contributed by atoms with Crippen LogP contribution < -0.4 is 11.5 Å². The van der Waals surface area contributed by atoms with Crippen molar-refractivity contribution in [3.8, 4) is 0 Å². The Hall–Kier alpha value is -2.38. The molecule has 2 aromatic carbocycles. The molecule has 0 aliphatic rings. The zero-order valence-electron chi connectivity index (χ0n) is 9.73. The number of hydrogen-bond acceptors (Lipinski definition) is 2. The SMILES string of the molecule is Nc1cc(F)c(F)cc1F.Nc1cc(F)c(F)cc1F. The van der Waals surface area contributed by atoms with Gasteiger partial charge >= 0.3 is 0 Å². The molecular formula is C12H8F6N2. The second-order valence-electron chi connectivity index (χ2n) is 3.58. The number of benzene rings is 2. The summed E-state index contributed by atoms with van der Waals surface area (Å²) in [6.45, 7) is 0. The van der Waals surface area contributed by atoms with E-state index in [0.717, 1.165) is 0 Å². The molecule has 20 heavy (non-hydrogen) atoms. The lowest BCUT2D eigenvalue weighted by molar-refractivity contribution is 0.496. The summed E-state index contributed by atoms with van der Waals surface area (Å²) in [7, 11) is 0. The van der Waals surface area contributed by atoms with E-state index in [-0.39, 0.29) is 11.4 Å². The Morgan fingerprint density at radius 1 is 0.450 bits per heavy atom. The molecule has 0 aromatic heterocycles. The molecule has 0 saturated carbocycles. The first-order valence-corrected chi connectivity index (χ1v) is 5.02. The van der Waals surface area contributed by atoms with Crippen LogP contribution in [0.1, 0.15) is 0 Å². The largest absolute Gasteiger partial charge is 0.396 e. The van der Waals surface area contributed by atoms with Crippen molar-refractivity contribution in [1.29, 1.82) is 0 Å². The maximum absolute atomic E-state index is 12.2. The first kappa shape index (κ1) is 15.7. The van der Waals surface area contributed by atoms with Gasteiger partial charge in [0.2, 0.25) is 0 Å². The highest BCUT2D eigenvalue weighted by Crippen LogP contribution is 2.15. The summed E-state index contributed by atoms with van der Waals surface area (Å²) in [6.07, 6.45) is 0. The molecule has 2 nitrogen and oxygen atoms in total. The fourth-order valence-electron chi connectivity index (χ4n) is 1.08. The molecule has 8 heteroatoms. The van der Waals surface area contributed by atoms with Gasteiger partial charge in [-0.15, -0.1) is 0 Å². The molecule has 0 amide bonds. The minimum Gasteiger partial charge on any atom is -0.396 e.